The number of nitrogen functional groups attached to an aromatic ring is 1. The Balaban J connectivity index is 2.14. The molecule has 1 amide bonds. The van der Waals surface area contributed by atoms with Gasteiger partial charge in [-0.3, -0.25) is 14.4 Å². The van der Waals surface area contributed by atoms with Crippen molar-refractivity contribution in [2.75, 3.05) is 12.3 Å². The van der Waals surface area contributed by atoms with Gasteiger partial charge in [-0.1, -0.05) is 18.2 Å². The molecule has 0 saturated heterocycles. The van der Waals surface area contributed by atoms with E-state index in [-0.39, 0.29) is 12.5 Å². The molecule has 0 radical (unpaired) electrons. The van der Waals surface area contributed by atoms with E-state index in [1.54, 1.807) is 4.68 Å². The average molecular weight is 274 g/mol. The SMILES string of the molecule is Cn1ncnc1CN(CC(N)=O)Cc1ccccc1N. The first kappa shape index (κ1) is 14.0. The van der Waals surface area contributed by atoms with Gasteiger partial charge in [0.2, 0.25) is 5.91 Å². The van der Waals surface area contributed by atoms with Crippen LogP contribution in [0.5, 0.6) is 0 Å². The number of aromatic nitrogens is 3. The Kier molecular flexibility index (Phi) is 4.31. The van der Waals surface area contributed by atoms with Gasteiger partial charge < -0.3 is 11.5 Å². The second-order valence-corrected chi connectivity index (χ2v) is 4.61. The molecule has 0 spiro atoms. The number of hydrogen-bond acceptors (Lipinski definition) is 5. The molecular formula is C13H18N6O. The van der Waals surface area contributed by atoms with Crippen molar-refractivity contribution < 1.29 is 4.79 Å². The van der Waals surface area contributed by atoms with E-state index in [0.717, 1.165) is 11.4 Å². The third-order valence-corrected chi connectivity index (χ3v) is 3.00. The average Bonchev–Trinajstić information content (AvgIpc) is 2.77. The number of carbonyl (C=O) groups excluding carboxylic acids is 1. The zero-order chi connectivity index (χ0) is 14.5. The van der Waals surface area contributed by atoms with Crippen LogP contribution in [0.15, 0.2) is 30.6 Å². The molecule has 2 rings (SSSR count). The van der Waals surface area contributed by atoms with E-state index in [1.807, 2.05) is 36.2 Å². The van der Waals surface area contributed by atoms with Gasteiger partial charge in [-0.15, -0.1) is 0 Å². The van der Waals surface area contributed by atoms with E-state index in [1.165, 1.54) is 6.33 Å². The smallest absolute Gasteiger partial charge is 0.231 e. The number of nitrogens with two attached hydrogens (primary N) is 2. The van der Waals surface area contributed by atoms with Gasteiger partial charge in [-0.05, 0) is 11.6 Å². The third kappa shape index (κ3) is 3.55. The van der Waals surface area contributed by atoms with E-state index in [0.29, 0.717) is 18.8 Å². The van der Waals surface area contributed by atoms with Crippen LogP contribution < -0.4 is 11.5 Å². The van der Waals surface area contributed by atoms with Crippen molar-refractivity contribution in [3.8, 4) is 0 Å². The fraction of sp³-hybridized carbons (Fsp3) is 0.308. The lowest BCUT2D eigenvalue weighted by atomic mass is 10.1. The fourth-order valence-corrected chi connectivity index (χ4v) is 1.97. The van der Waals surface area contributed by atoms with Crippen LogP contribution in [-0.2, 0) is 24.9 Å². The Morgan fingerprint density at radius 1 is 1.35 bits per heavy atom. The molecule has 0 aliphatic rings. The Hall–Kier alpha value is -2.41. The molecule has 0 bridgehead atoms. The van der Waals surface area contributed by atoms with Crippen LogP contribution in [-0.4, -0.2) is 32.1 Å². The quantitative estimate of drug-likeness (QED) is 0.715. The molecule has 20 heavy (non-hydrogen) atoms. The largest absolute Gasteiger partial charge is 0.398 e. The number of nitrogens with zero attached hydrogens (tertiary/aromatic N) is 4. The first-order chi connectivity index (χ1) is 9.56. The number of para-hydroxylation sites is 1. The van der Waals surface area contributed by atoms with Crippen LogP contribution in [0.25, 0.3) is 0 Å². The summed E-state index contributed by atoms with van der Waals surface area (Å²) in [6, 6.07) is 7.55. The van der Waals surface area contributed by atoms with E-state index < -0.39 is 0 Å². The monoisotopic (exact) mass is 274 g/mol. The summed E-state index contributed by atoms with van der Waals surface area (Å²) in [5, 5.41) is 4.01. The van der Waals surface area contributed by atoms with E-state index in [2.05, 4.69) is 10.1 Å². The van der Waals surface area contributed by atoms with Gasteiger partial charge in [0.05, 0.1) is 13.1 Å². The highest BCUT2D eigenvalue weighted by atomic mass is 16.1. The highest BCUT2D eigenvalue weighted by Gasteiger charge is 2.14. The van der Waals surface area contributed by atoms with Gasteiger partial charge in [0.15, 0.2) is 0 Å². The molecule has 0 atom stereocenters. The maximum absolute atomic E-state index is 11.2. The summed E-state index contributed by atoms with van der Waals surface area (Å²) in [6.45, 7) is 1.15. The summed E-state index contributed by atoms with van der Waals surface area (Å²) >= 11 is 0. The molecule has 2 aromatic rings. The van der Waals surface area contributed by atoms with Crippen molar-refractivity contribution in [2.24, 2.45) is 12.8 Å². The molecule has 0 saturated carbocycles. The molecule has 1 heterocycles. The molecule has 7 nitrogen and oxygen atoms in total. The number of carbonyl (C=O) groups is 1. The minimum atomic E-state index is -0.387. The molecule has 0 aliphatic heterocycles. The Labute approximate surface area is 117 Å². The number of aryl methyl sites for hydroxylation is 1. The summed E-state index contributed by atoms with van der Waals surface area (Å²) < 4.78 is 1.67. The fourth-order valence-electron chi connectivity index (χ4n) is 1.97. The van der Waals surface area contributed by atoms with Gasteiger partial charge in [-0.2, -0.15) is 5.10 Å². The molecule has 4 N–H and O–H groups in total. The number of benzene rings is 1. The van der Waals surface area contributed by atoms with Crippen molar-refractivity contribution in [1.29, 1.82) is 0 Å². The lowest BCUT2D eigenvalue weighted by molar-refractivity contribution is -0.119. The van der Waals surface area contributed by atoms with Crippen LogP contribution in [0.3, 0.4) is 0 Å². The topological polar surface area (TPSA) is 103 Å². The van der Waals surface area contributed by atoms with Crippen LogP contribution in [0, 0.1) is 0 Å². The summed E-state index contributed by atoms with van der Waals surface area (Å²) in [4.78, 5) is 17.2. The highest BCUT2D eigenvalue weighted by molar-refractivity contribution is 5.75. The summed E-state index contributed by atoms with van der Waals surface area (Å²) in [5.41, 5.74) is 12.9. The first-order valence-electron chi connectivity index (χ1n) is 6.23. The van der Waals surface area contributed by atoms with E-state index in [9.17, 15) is 4.79 Å². The van der Waals surface area contributed by atoms with Crippen LogP contribution in [0.2, 0.25) is 0 Å². The van der Waals surface area contributed by atoms with Crippen molar-refractivity contribution in [3.05, 3.63) is 42.0 Å². The summed E-state index contributed by atoms with van der Waals surface area (Å²) in [6.07, 6.45) is 1.48. The van der Waals surface area contributed by atoms with Gasteiger partial charge in [0.25, 0.3) is 0 Å². The van der Waals surface area contributed by atoms with Gasteiger partial charge in [0.1, 0.15) is 12.2 Å². The van der Waals surface area contributed by atoms with Crippen LogP contribution >= 0.6 is 0 Å². The molecule has 1 aromatic carbocycles. The zero-order valence-electron chi connectivity index (χ0n) is 11.4. The standard InChI is InChI=1S/C13H18N6O/c1-18-13(16-9-17-18)8-19(7-12(15)20)6-10-4-2-3-5-11(10)14/h2-5,9H,6-8,14H2,1H3,(H2,15,20). The predicted octanol–water partition coefficient (Wildman–Crippen LogP) is -0.115. The minimum Gasteiger partial charge on any atom is -0.398 e. The summed E-state index contributed by atoms with van der Waals surface area (Å²) in [7, 11) is 1.81. The van der Waals surface area contributed by atoms with Crippen LogP contribution in [0.1, 0.15) is 11.4 Å². The molecule has 0 fully saturated rings. The minimum absolute atomic E-state index is 0.140. The normalized spacial score (nSPS) is 10.9. The van der Waals surface area contributed by atoms with Crippen LogP contribution in [0.4, 0.5) is 5.69 Å². The molecule has 0 aliphatic carbocycles. The van der Waals surface area contributed by atoms with Crippen molar-refractivity contribution >= 4 is 11.6 Å². The number of rotatable bonds is 6. The van der Waals surface area contributed by atoms with Crippen molar-refractivity contribution in [2.45, 2.75) is 13.1 Å². The molecule has 0 unspecified atom stereocenters. The third-order valence-electron chi connectivity index (χ3n) is 3.00. The Bertz CT molecular complexity index is 594. The predicted molar refractivity (Wildman–Crippen MR) is 75.2 cm³/mol. The Morgan fingerprint density at radius 2 is 2.10 bits per heavy atom. The molecular weight excluding hydrogens is 256 g/mol. The molecule has 106 valence electrons. The van der Waals surface area contributed by atoms with E-state index >= 15 is 0 Å². The van der Waals surface area contributed by atoms with Crippen molar-refractivity contribution in [1.82, 2.24) is 19.7 Å². The van der Waals surface area contributed by atoms with Gasteiger partial charge >= 0.3 is 0 Å². The van der Waals surface area contributed by atoms with Crippen molar-refractivity contribution in [3.63, 3.8) is 0 Å². The van der Waals surface area contributed by atoms with Gasteiger partial charge in [0, 0.05) is 19.3 Å². The lowest BCUT2D eigenvalue weighted by Gasteiger charge is -2.21. The molecule has 7 heteroatoms. The lowest BCUT2D eigenvalue weighted by Crippen LogP contribution is -2.34. The first-order valence-corrected chi connectivity index (χ1v) is 6.23. The number of anilines is 1. The zero-order valence-corrected chi connectivity index (χ0v) is 11.4. The maximum Gasteiger partial charge on any atom is 0.231 e. The maximum atomic E-state index is 11.2. The summed E-state index contributed by atoms with van der Waals surface area (Å²) in [5.74, 6) is 0.377. The highest BCUT2D eigenvalue weighted by Crippen LogP contribution is 2.14. The second kappa shape index (κ2) is 6.16. The second-order valence-electron chi connectivity index (χ2n) is 4.61. The van der Waals surface area contributed by atoms with E-state index in [4.69, 9.17) is 11.5 Å². The number of amides is 1. The number of hydrogen-bond donors (Lipinski definition) is 2. The number of primary amides is 1. The van der Waals surface area contributed by atoms with Gasteiger partial charge in [-0.25, -0.2) is 4.98 Å². The molecule has 1 aromatic heterocycles. The Morgan fingerprint density at radius 3 is 2.70 bits per heavy atom.